The van der Waals surface area contributed by atoms with Crippen LogP contribution in [0.15, 0.2) is 11.4 Å². The number of amides is 1. The summed E-state index contributed by atoms with van der Waals surface area (Å²) in [6.07, 6.45) is 1.30. The molecule has 1 amide bonds. The van der Waals surface area contributed by atoms with E-state index in [9.17, 15) is 4.79 Å². The minimum Gasteiger partial charge on any atom is -0.444 e. The van der Waals surface area contributed by atoms with E-state index in [1.54, 1.807) is 0 Å². The van der Waals surface area contributed by atoms with Gasteiger partial charge >= 0.3 is 13.2 Å². The zero-order chi connectivity index (χ0) is 18.2. The number of nitrogens with zero attached hydrogens (tertiary/aromatic N) is 1. The summed E-state index contributed by atoms with van der Waals surface area (Å²) in [6, 6.07) is 0. The summed E-state index contributed by atoms with van der Waals surface area (Å²) in [5, 5.41) is 4.95. The normalized spacial score (nSPS) is 19.7. The van der Waals surface area contributed by atoms with Crippen molar-refractivity contribution in [1.29, 1.82) is 0 Å². The highest BCUT2D eigenvalue weighted by Gasteiger charge is 2.50. The first kappa shape index (κ1) is 19.0. The van der Waals surface area contributed by atoms with Gasteiger partial charge in [0.1, 0.15) is 5.60 Å². The van der Waals surface area contributed by atoms with Gasteiger partial charge < -0.3 is 14.0 Å². The van der Waals surface area contributed by atoms with Gasteiger partial charge in [0, 0.05) is 5.38 Å². The molecule has 1 aliphatic heterocycles. The van der Waals surface area contributed by atoms with Crippen molar-refractivity contribution in [3.63, 3.8) is 0 Å². The minimum atomic E-state index is -0.541. The molecule has 8 heteroatoms. The van der Waals surface area contributed by atoms with E-state index < -0.39 is 18.8 Å². The lowest BCUT2D eigenvalue weighted by molar-refractivity contribution is 0.00578. The number of nitrogens with one attached hydrogen (secondary N) is 1. The zero-order valence-electron chi connectivity index (χ0n) is 15.3. The summed E-state index contributed by atoms with van der Waals surface area (Å²) in [5.74, 6) is 1.82. The Hall–Kier alpha value is -1.38. The summed E-state index contributed by atoms with van der Waals surface area (Å²) in [6.45, 7) is 13.5. The molecular formula is C16H25BN2O4S. The van der Waals surface area contributed by atoms with E-state index in [2.05, 4.69) is 10.3 Å². The van der Waals surface area contributed by atoms with Crippen LogP contribution in [0.2, 0.25) is 0 Å². The predicted octanol–water partition coefficient (Wildman–Crippen LogP) is 4.13. The first-order valence-electron chi connectivity index (χ1n) is 7.87. The number of aromatic nitrogens is 1. The second kappa shape index (κ2) is 6.50. The number of ether oxygens (including phenoxy) is 1. The average molecular weight is 352 g/mol. The molecule has 0 aromatic carbocycles. The maximum atomic E-state index is 11.7. The fourth-order valence-corrected chi connectivity index (χ4v) is 2.62. The highest BCUT2D eigenvalue weighted by molar-refractivity contribution is 7.14. The van der Waals surface area contributed by atoms with Crippen LogP contribution in [0.25, 0.3) is 6.08 Å². The van der Waals surface area contributed by atoms with Crippen molar-refractivity contribution < 1.29 is 18.8 Å². The monoisotopic (exact) mass is 352 g/mol. The van der Waals surface area contributed by atoms with E-state index in [0.29, 0.717) is 5.13 Å². The predicted molar refractivity (Wildman–Crippen MR) is 97.1 cm³/mol. The van der Waals surface area contributed by atoms with Gasteiger partial charge in [0.2, 0.25) is 0 Å². The van der Waals surface area contributed by atoms with Gasteiger partial charge in [-0.05, 0) is 54.5 Å². The molecule has 1 aliphatic rings. The molecule has 0 saturated carbocycles. The number of hydrogen-bond acceptors (Lipinski definition) is 6. The molecule has 1 fully saturated rings. The molecule has 6 nitrogen and oxygen atoms in total. The van der Waals surface area contributed by atoms with Gasteiger partial charge in [-0.3, -0.25) is 5.32 Å². The van der Waals surface area contributed by atoms with Crippen LogP contribution in [-0.4, -0.2) is 35.0 Å². The lowest BCUT2D eigenvalue weighted by atomic mass is 9.90. The molecule has 0 atom stereocenters. The van der Waals surface area contributed by atoms with Crippen LogP contribution >= 0.6 is 11.3 Å². The highest BCUT2D eigenvalue weighted by Crippen LogP contribution is 2.37. The van der Waals surface area contributed by atoms with Gasteiger partial charge in [0.15, 0.2) is 5.13 Å². The van der Waals surface area contributed by atoms with Crippen LogP contribution in [0.1, 0.15) is 54.2 Å². The van der Waals surface area contributed by atoms with E-state index in [0.717, 1.165) is 5.69 Å². The van der Waals surface area contributed by atoms with E-state index in [-0.39, 0.29) is 11.2 Å². The van der Waals surface area contributed by atoms with Crippen molar-refractivity contribution in [2.45, 2.75) is 65.3 Å². The molecule has 0 radical (unpaired) electrons. The largest absolute Gasteiger partial charge is 0.487 e. The van der Waals surface area contributed by atoms with Crippen molar-refractivity contribution >= 4 is 35.8 Å². The second-order valence-electron chi connectivity index (χ2n) is 7.69. The van der Waals surface area contributed by atoms with Gasteiger partial charge in [0.05, 0.1) is 16.9 Å². The van der Waals surface area contributed by atoms with Gasteiger partial charge in [0.25, 0.3) is 0 Å². The van der Waals surface area contributed by atoms with E-state index >= 15 is 0 Å². The second-order valence-corrected chi connectivity index (χ2v) is 8.55. The number of rotatable bonds is 3. The molecule has 0 bridgehead atoms. The summed E-state index contributed by atoms with van der Waals surface area (Å²) < 4.78 is 17.0. The van der Waals surface area contributed by atoms with Gasteiger partial charge in [-0.25, -0.2) is 9.78 Å². The smallest absolute Gasteiger partial charge is 0.444 e. The molecule has 24 heavy (non-hydrogen) atoms. The number of anilines is 1. The maximum absolute atomic E-state index is 11.7. The molecule has 2 rings (SSSR count). The standard InChI is InChI=1S/C16H25BN2O4S/c1-14(2,3)21-13(20)19-12-18-11(10-24-12)8-9-17-22-15(4,5)16(6,7)23-17/h8-10H,1-7H3,(H,18,19,20)/b9-8+. The Balaban J connectivity index is 1.94. The van der Waals surface area contributed by atoms with E-state index in [1.165, 1.54) is 11.3 Å². The molecular weight excluding hydrogens is 327 g/mol. The fourth-order valence-electron chi connectivity index (χ4n) is 1.96. The SMILES string of the molecule is CC(C)(C)OC(=O)Nc1nc(/C=C/B2OC(C)(C)C(C)(C)O2)cs1. The Morgan fingerprint density at radius 3 is 2.42 bits per heavy atom. The highest BCUT2D eigenvalue weighted by atomic mass is 32.1. The van der Waals surface area contributed by atoms with E-state index in [1.807, 2.05) is 65.9 Å². The number of hydrogen-bond donors (Lipinski definition) is 1. The minimum absolute atomic E-state index is 0.368. The van der Waals surface area contributed by atoms with Crippen molar-refractivity contribution in [2.24, 2.45) is 0 Å². The molecule has 0 unspecified atom stereocenters. The van der Waals surface area contributed by atoms with Crippen LogP contribution in [0.4, 0.5) is 9.93 Å². The molecule has 0 aliphatic carbocycles. The number of thiazole rings is 1. The van der Waals surface area contributed by atoms with Crippen molar-refractivity contribution in [3.8, 4) is 0 Å². The van der Waals surface area contributed by atoms with Crippen LogP contribution in [0.3, 0.4) is 0 Å². The Bertz CT molecular complexity index is 618. The Morgan fingerprint density at radius 2 is 1.88 bits per heavy atom. The lowest BCUT2D eigenvalue weighted by Gasteiger charge is -2.32. The van der Waals surface area contributed by atoms with E-state index in [4.69, 9.17) is 14.0 Å². The summed E-state index contributed by atoms with van der Waals surface area (Å²) in [5.41, 5.74) is -0.553. The van der Waals surface area contributed by atoms with Crippen LogP contribution in [0, 0.1) is 0 Å². The quantitative estimate of drug-likeness (QED) is 0.828. The van der Waals surface area contributed by atoms with Crippen molar-refractivity contribution in [2.75, 3.05) is 5.32 Å². The molecule has 1 aromatic rings. The summed E-state index contributed by atoms with van der Waals surface area (Å²) in [7, 11) is -0.418. The molecule has 1 aromatic heterocycles. The number of carbonyl (C=O) groups is 1. The molecule has 1 N–H and O–H groups in total. The third-order valence-electron chi connectivity index (χ3n) is 3.83. The number of carbonyl (C=O) groups excluding carboxylic acids is 1. The van der Waals surface area contributed by atoms with Crippen molar-refractivity contribution in [1.82, 2.24) is 4.98 Å². The summed E-state index contributed by atoms with van der Waals surface area (Å²) in [4.78, 5) is 16.0. The van der Waals surface area contributed by atoms with Gasteiger partial charge in [-0.2, -0.15) is 0 Å². The molecule has 1 saturated heterocycles. The fraction of sp³-hybridized carbons (Fsp3) is 0.625. The van der Waals surface area contributed by atoms with Gasteiger partial charge in [-0.1, -0.05) is 5.98 Å². The van der Waals surface area contributed by atoms with Crippen LogP contribution in [0.5, 0.6) is 0 Å². The van der Waals surface area contributed by atoms with Crippen molar-refractivity contribution in [3.05, 3.63) is 17.0 Å². The topological polar surface area (TPSA) is 69.7 Å². The average Bonchev–Trinajstić information content (AvgIpc) is 2.87. The summed E-state index contributed by atoms with van der Waals surface area (Å²) >= 11 is 1.33. The van der Waals surface area contributed by atoms with Crippen LogP contribution in [-0.2, 0) is 14.0 Å². The first-order valence-corrected chi connectivity index (χ1v) is 8.75. The maximum Gasteiger partial charge on any atom is 0.487 e. The Morgan fingerprint density at radius 1 is 1.29 bits per heavy atom. The first-order chi connectivity index (χ1) is 10.9. The Labute approximate surface area is 147 Å². The third kappa shape index (κ3) is 4.81. The van der Waals surface area contributed by atoms with Crippen LogP contribution < -0.4 is 5.32 Å². The molecule has 132 valence electrons. The molecule has 0 spiro atoms. The molecule has 2 heterocycles. The third-order valence-corrected chi connectivity index (χ3v) is 4.60. The lowest BCUT2D eigenvalue weighted by Crippen LogP contribution is -2.41. The Kier molecular flexibility index (Phi) is 5.13. The zero-order valence-corrected chi connectivity index (χ0v) is 16.1. The van der Waals surface area contributed by atoms with Gasteiger partial charge in [-0.15, -0.1) is 11.3 Å².